The van der Waals surface area contributed by atoms with Gasteiger partial charge in [-0.25, -0.2) is 0 Å². The highest BCUT2D eigenvalue weighted by atomic mass is 16.5. The van der Waals surface area contributed by atoms with E-state index >= 15 is 0 Å². The Morgan fingerprint density at radius 2 is 2.21 bits per heavy atom. The number of benzene rings is 1. The second kappa shape index (κ2) is 6.54. The number of hydrogen-bond donors (Lipinski definition) is 3. The second-order valence-electron chi connectivity index (χ2n) is 5.09. The first-order valence-corrected chi connectivity index (χ1v) is 6.27. The van der Waals surface area contributed by atoms with Crippen LogP contribution in [0.5, 0.6) is 5.75 Å². The molecule has 106 valence electrons. The van der Waals surface area contributed by atoms with Gasteiger partial charge in [-0.15, -0.1) is 0 Å². The van der Waals surface area contributed by atoms with Crippen LogP contribution in [-0.4, -0.2) is 29.2 Å². The Labute approximate surface area is 113 Å². The van der Waals surface area contributed by atoms with Crippen molar-refractivity contribution < 1.29 is 14.6 Å². The fraction of sp³-hybridized carbons (Fsp3) is 0.500. The van der Waals surface area contributed by atoms with Crippen LogP contribution in [0.2, 0.25) is 0 Å². The molecule has 0 aromatic heterocycles. The van der Waals surface area contributed by atoms with Gasteiger partial charge in [0.25, 0.3) is 0 Å². The molecule has 1 amide bonds. The zero-order valence-corrected chi connectivity index (χ0v) is 11.6. The van der Waals surface area contributed by atoms with Crippen molar-refractivity contribution in [2.45, 2.75) is 39.0 Å². The van der Waals surface area contributed by atoms with Gasteiger partial charge < -0.3 is 15.6 Å². The summed E-state index contributed by atoms with van der Waals surface area (Å²) in [6.45, 7) is 5.68. The van der Waals surface area contributed by atoms with Gasteiger partial charge in [-0.1, -0.05) is 12.1 Å². The molecule has 0 aliphatic rings. The average Bonchev–Trinajstić information content (AvgIpc) is 2.35. The van der Waals surface area contributed by atoms with E-state index < -0.39 is 11.4 Å². The topological polar surface area (TPSA) is 84.6 Å². The monoisotopic (exact) mass is 266 g/mol. The number of rotatable bonds is 7. The van der Waals surface area contributed by atoms with Gasteiger partial charge in [-0.2, -0.15) is 0 Å². The number of nitrogens with two attached hydrogens (primary N) is 1. The van der Waals surface area contributed by atoms with Crippen molar-refractivity contribution in [1.29, 1.82) is 0 Å². The van der Waals surface area contributed by atoms with Gasteiger partial charge in [0, 0.05) is 6.04 Å². The molecule has 0 bridgehead atoms. The number of aliphatic hydroxyl groups excluding tert-OH is 1. The molecule has 1 rings (SSSR count). The van der Waals surface area contributed by atoms with E-state index in [1.165, 1.54) is 0 Å². The van der Waals surface area contributed by atoms with Crippen molar-refractivity contribution >= 4 is 5.91 Å². The van der Waals surface area contributed by atoms with E-state index in [-0.39, 0.29) is 19.3 Å². The highest BCUT2D eigenvalue weighted by Crippen LogP contribution is 2.15. The van der Waals surface area contributed by atoms with Crippen molar-refractivity contribution in [2.24, 2.45) is 5.73 Å². The molecule has 0 aliphatic heterocycles. The Morgan fingerprint density at radius 1 is 1.53 bits per heavy atom. The van der Waals surface area contributed by atoms with Crippen LogP contribution in [0.4, 0.5) is 0 Å². The minimum absolute atomic E-state index is 0.0471. The summed E-state index contributed by atoms with van der Waals surface area (Å²) in [7, 11) is 0. The van der Waals surface area contributed by atoms with Crippen LogP contribution in [-0.2, 0) is 11.4 Å². The van der Waals surface area contributed by atoms with Crippen LogP contribution in [0.1, 0.15) is 26.3 Å². The van der Waals surface area contributed by atoms with Crippen LogP contribution in [0, 0.1) is 0 Å². The Bertz CT molecular complexity index is 434. The molecule has 0 aliphatic carbocycles. The van der Waals surface area contributed by atoms with Crippen LogP contribution < -0.4 is 15.8 Å². The minimum atomic E-state index is -0.927. The first-order valence-electron chi connectivity index (χ1n) is 6.27. The van der Waals surface area contributed by atoms with Crippen molar-refractivity contribution in [2.75, 3.05) is 6.61 Å². The molecular weight excluding hydrogens is 244 g/mol. The maximum atomic E-state index is 11.5. The fourth-order valence-corrected chi connectivity index (χ4v) is 1.78. The molecule has 1 aromatic carbocycles. The van der Waals surface area contributed by atoms with Crippen molar-refractivity contribution in [3.8, 4) is 5.75 Å². The molecule has 19 heavy (non-hydrogen) atoms. The highest BCUT2D eigenvalue weighted by Gasteiger charge is 2.32. The summed E-state index contributed by atoms with van der Waals surface area (Å²) >= 11 is 0. The molecule has 5 nitrogen and oxygen atoms in total. The average molecular weight is 266 g/mol. The molecule has 1 unspecified atom stereocenters. The first kappa shape index (κ1) is 15.5. The van der Waals surface area contributed by atoms with E-state index in [1.807, 2.05) is 13.8 Å². The summed E-state index contributed by atoms with van der Waals surface area (Å²) in [5.74, 6) is 0.143. The lowest BCUT2D eigenvalue weighted by Crippen LogP contribution is -2.59. The number of hydrogen-bond acceptors (Lipinski definition) is 4. The Hall–Kier alpha value is -1.59. The number of nitrogens with one attached hydrogen (secondary N) is 1. The summed E-state index contributed by atoms with van der Waals surface area (Å²) < 4.78 is 5.60. The molecule has 1 atom stereocenters. The fourth-order valence-electron chi connectivity index (χ4n) is 1.78. The standard InChI is InChI=1S/C14H22N2O3/c1-10(2)16-14(3,13(15)18)9-19-12-6-4-5-11(7-12)8-17/h4-7,10,16-17H,8-9H2,1-3H3,(H2,15,18). The second-order valence-corrected chi connectivity index (χ2v) is 5.09. The van der Waals surface area contributed by atoms with Crippen molar-refractivity contribution in [3.63, 3.8) is 0 Å². The molecule has 0 fully saturated rings. The largest absolute Gasteiger partial charge is 0.491 e. The predicted molar refractivity (Wildman–Crippen MR) is 73.7 cm³/mol. The van der Waals surface area contributed by atoms with Gasteiger partial charge in [-0.3, -0.25) is 10.1 Å². The van der Waals surface area contributed by atoms with Gasteiger partial charge in [0.1, 0.15) is 17.9 Å². The molecule has 4 N–H and O–H groups in total. The third kappa shape index (κ3) is 4.54. The van der Waals surface area contributed by atoms with Gasteiger partial charge in [0.15, 0.2) is 0 Å². The Morgan fingerprint density at radius 3 is 2.74 bits per heavy atom. The van der Waals surface area contributed by atoms with E-state index in [2.05, 4.69) is 5.32 Å². The summed E-state index contributed by atoms with van der Waals surface area (Å²) in [4.78, 5) is 11.5. The number of ether oxygens (including phenoxy) is 1. The van der Waals surface area contributed by atoms with E-state index in [4.69, 9.17) is 15.6 Å². The molecule has 0 saturated heterocycles. The summed E-state index contributed by atoms with van der Waals surface area (Å²) in [5, 5.41) is 12.2. The zero-order valence-electron chi connectivity index (χ0n) is 11.6. The molecule has 5 heteroatoms. The minimum Gasteiger partial charge on any atom is -0.491 e. The Balaban J connectivity index is 2.73. The highest BCUT2D eigenvalue weighted by molar-refractivity contribution is 5.84. The normalized spacial score (nSPS) is 14.2. The number of carbonyl (C=O) groups excluding carboxylic acids is 1. The zero-order chi connectivity index (χ0) is 14.5. The maximum Gasteiger partial charge on any atom is 0.240 e. The number of primary amides is 1. The summed E-state index contributed by atoms with van der Waals surface area (Å²) in [5.41, 5.74) is 5.25. The van der Waals surface area contributed by atoms with Gasteiger partial charge in [0.2, 0.25) is 5.91 Å². The lowest BCUT2D eigenvalue weighted by atomic mass is 10.0. The van der Waals surface area contributed by atoms with E-state index in [9.17, 15) is 4.79 Å². The quantitative estimate of drug-likeness (QED) is 0.681. The van der Waals surface area contributed by atoms with Crippen LogP contribution in [0.15, 0.2) is 24.3 Å². The van der Waals surface area contributed by atoms with Crippen molar-refractivity contribution in [3.05, 3.63) is 29.8 Å². The molecule has 1 aromatic rings. The van der Waals surface area contributed by atoms with Gasteiger partial charge in [0.05, 0.1) is 6.61 Å². The molecule has 0 saturated carbocycles. The predicted octanol–water partition coefficient (Wildman–Crippen LogP) is 0.800. The SMILES string of the molecule is CC(C)NC(C)(COc1cccc(CO)c1)C(N)=O. The molecular formula is C14H22N2O3. The van der Waals surface area contributed by atoms with E-state index in [0.29, 0.717) is 5.75 Å². The summed E-state index contributed by atoms with van der Waals surface area (Å²) in [6.07, 6.45) is 0. The van der Waals surface area contributed by atoms with E-state index in [1.54, 1.807) is 31.2 Å². The summed E-state index contributed by atoms with van der Waals surface area (Å²) in [6, 6.07) is 7.21. The molecule has 0 heterocycles. The molecule has 0 radical (unpaired) electrons. The smallest absolute Gasteiger partial charge is 0.240 e. The lowest BCUT2D eigenvalue weighted by molar-refractivity contribution is -0.125. The third-order valence-corrected chi connectivity index (χ3v) is 2.76. The Kier molecular flexibility index (Phi) is 5.32. The van der Waals surface area contributed by atoms with Crippen molar-refractivity contribution in [1.82, 2.24) is 5.32 Å². The van der Waals surface area contributed by atoms with Crippen LogP contribution in [0.25, 0.3) is 0 Å². The number of carbonyl (C=O) groups is 1. The van der Waals surface area contributed by atoms with E-state index in [0.717, 1.165) is 5.56 Å². The lowest BCUT2D eigenvalue weighted by Gasteiger charge is -2.29. The third-order valence-electron chi connectivity index (χ3n) is 2.76. The first-order chi connectivity index (χ1) is 8.87. The maximum absolute atomic E-state index is 11.5. The number of amides is 1. The molecule has 0 spiro atoms. The van der Waals surface area contributed by atoms with Gasteiger partial charge in [-0.05, 0) is 38.5 Å². The van der Waals surface area contributed by atoms with Gasteiger partial charge >= 0.3 is 0 Å². The van der Waals surface area contributed by atoms with Crippen LogP contribution >= 0.6 is 0 Å². The van der Waals surface area contributed by atoms with Crippen LogP contribution in [0.3, 0.4) is 0 Å². The number of aliphatic hydroxyl groups is 1.